The van der Waals surface area contributed by atoms with E-state index < -0.39 is 5.97 Å². The maximum atomic E-state index is 12.4. The van der Waals surface area contributed by atoms with E-state index in [0.717, 1.165) is 51.9 Å². The molecule has 2 amide bonds. The third kappa shape index (κ3) is 4.78. The molecular weight excluding hydrogens is 352 g/mol. The normalized spacial score (nSPS) is 16.8. The summed E-state index contributed by atoms with van der Waals surface area (Å²) in [6, 6.07) is 7.06. The minimum absolute atomic E-state index is 0.0971. The standard InChI is InChI=1S/C19H24N2O4S/c22-17(20-9-3-4-10-20)13-25-19(24)15-7-1-2-8-16(15)26-14-18(23)21-11-5-6-12-21/h1-2,7-8H,3-6,9-14H2. The quantitative estimate of drug-likeness (QED) is 0.562. The molecule has 0 aliphatic carbocycles. The lowest BCUT2D eigenvalue weighted by atomic mass is 10.2. The van der Waals surface area contributed by atoms with E-state index >= 15 is 0 Å². The number of amides is 2. The van der Waals surface area contributed by atoms with Gasteiger partial charge in [0.05, 0.1) is 11.3 Å². The maximum Gasteiger partial charge on any atom is 0.339 e. The van der Waals surface area contributed by atoms with Gasteiger partial charge >= 0.3 is 5.97 Å². The highest BCUT2D eigenvalue weighted by Gasteiger charge is 2.22. The van der Waals surface area contributed by atoms with Crippen LogP contribution in [0.2, 0.25) is 0 Å². The van der Waals surface area contributed by atoms with Crippen molar-refractivity contribution in [3.8, 4) is 0 Å². The van der Waals surface area contributed by atoms with E-state index in [1.807, 2.05) is 11.0 Å². The SMILES string of the molecule is O=C(OCC(=O)N1CCCC1)c1ccccc1SCC(=O)N1CCCC1. The van der Waals surface area contributed by atoms with Crippen molar-refractivity contribution in [2.24, 2.45) is 0 Å². The van der Waals surface area contributed by atoms with Gasteiger partial charge in [-0.15, -0.1) is 11.8 Å². The van der Waals surface area contributed by atoms with Crippen LogP contribution in [-0.4, -0.2) is 66.1 Å². The first-order chi connectivity index (χ1) is 12.6. The summed E-state index contributed by atoms with van der Waals surface area (Å²) in [5.41, 5.74) is 0.404. The van der Waals surface area contributed by atoms with Gasteiger partial charge in [-0.05, 0) is 37.8 Å². The van der Waals surface area contributed by atoms with Gasteiger partial charge in [-0.3, -0.25) is 9.59 Å². The van der Waals surface area contributed by atoms with Gasteiger partial charge in [0.15, 0.2) is 6.61 Å². The number of benzene rings is 1. The third-order valence-corrected chi connectivity index (χ3v) is 5.76. The topological polar surface area (TPSA) is 66.9 Å². The second kappa shape index (κ2) is 9.07. The first-order valence-corrected chi connectivity index (χ1v) is 10.1. The van der Waals surface area contributed by atoms with Gasteiger partial charge in [-0.25, -0.2) is 4.79 Å². The average Bonchev–Trinajstić information content (AvgIpc) is 3.38. The Kier molecular flexibility index (Phi) is 6.55. The first kappa shape index (κ1) is 18.8. The van der Waals surface area contributed by atoms with Crippen LogP contribution in [0.5, 0.6) is 0 Å². The van der Waals surface area contributed by atoms with Crippen molar-refractivity contribution in [3.63, 3.8) is 0 Å². The second-order valence-corrected chi connectivity index (χ2v) is 7.55. The molecule has 0 N–H and O–H groups in total. The fourth-order valence-corrected chi connectivity index (χ4v) is 4.16. The molecule has 3 rings (SSSR count). The highest BCUT2D eigenvalue weighted by molar-refractivity contribution is 8.00. The zero-order valence-corrected chi connectivity index (χ0v) is 15.6. The number of ether oxygens (including phenoxy) is 1. The lowest BCUT2D eigenvalue weighted by Gasteiger charge is -2.16. The Labute approximate surface area is 157 Å². The number of thioether (sulfide) groups is 1. The fraction of sp³-hybridized carbons (Fsp3) is 0.526. The van der Waals surface area contributed by atoms with Gasteiger partial charge < -0.3 is 14.5 Å². The van der Waals surface area contributed by atoms with Crippen molar-refractivity contribution in [2.75, 3.05) is 38.5 Å². The van der Waals surface area contributed by atoms with Crippen LogP contribution < -0.4 is 0 Å². The molecule has 0 spiro atoms. The zero-order valence-electron chi connectivity index (χ0n) is 14.8. The molecule has 1 aromatic carbocycles. The van der Waals surface area contributed by atoms with Gasteiger partial charge in [0, 0.05) is 31.1 Å². The molecule has 0 saturated carbocycles. The molecule has 1 aromatic rings. The second-order valence-electron chi connectivity index (χ2n) is 6.54. The Morgan fingerprint density at radius 1 is 0.885 bits per heavy atom. The number of hydrogen-bond acceptors (Lipinski definition) is 5. The molecule has 0 radical (unpaired) electrons. The van der Waals surface area contributed by atoms with E-state index in [4.69, 9.17) is 4.74 Å². The van der Waals surface area contributed by atoms with Crippen LogP contribution in [0.15, 0.2) is 29.2 Å². The van der Waals surface area contributed by atoms with Crippen LogP contribution >= 0.6 is 11.8 Å². The minimum Gasteiger partial charge on any atom is -0.452 e. The lowest BCUT2D eigenvalue weighted by molar-refractivity contribution is -0.133. The van der Waals surface area contributed by atoms with Crippen LogP contribution in [0, 0.1) is 0 Å². The average molecular weight is 376 g/mol. The van der Waals surface area contributed by atoms with E-state index in [1.165, 1.54) is 11.8 Å². The molecule has 2 aliphatic rings. The molecule has 7 heteroatoms. The van der Waals surface area contributed by atoms with Gasteiger partial charge in [-0.1, -0.05) is 12.1 Å². The smallest absolute Gasteiger partial charge is 0.339 e. The molecule has 2 aliphatic heterocycles. The number of likely N-dealkylation sites (tertiary alicyclic amines) is 2. The van der Waals surface area contributed by atoms with Crippen molar-refractivity contribution in [3.05, 3.63) is 29.8 Å². The Bertz CT molecular complexity index is 667. The van der Waals surface area contributed by atoms with E-state index in [-0.39, 0.29) is 18.4 Å². The Balaban J connectivity index is 1.54. The Hall–Kier alpha value is -2.02. The van der Waals surface area contributed by atoms with Gasteiger partial charge in [0.1, 0.15) is 0 Å². The summed E-state index contributed by atoms with van der Waals surface area (Å²) in [5.74, 6) is -0.267. The Morgan fingerprint density at radius 2 is 1.46 bits per heavy atom. The summed E-state index contributed by atoms with van der Waals surface area (Å²) in [6.07, 6.45) is 4.13. The van der Waals surface area contributed by atoms with Gasteiger partial charge in [-0.2, -0.15) is 0 Å². The summed E-state index contributed by atoms with van der Waals surface area (Å²) >= 11 is 1.34. The van der Waals surface area contributed by atoms with Gasteiger partial charge in [0.25, 0.3) is 5.91 Å². The highest BCUT2D eigenvalue weighted by Crippen LogP contribution is 2.24. The Morgan fingerprint density at radius 3 is 2.12 bits per heavy atom. The number of rotatable bonds is 6. The third-order valence-electron chi connectivity index (χ3n) is 4.70. The molecule has 2 fully saturated rings. The molecule has 2 saturated heterocycles. The summed E-state index contributed by atoms with van der Waals surface area (Å²) < 4.78 is 5.21. The largest absolute Gasteiger partial charge is 0.452 e. The summed E-state index contributed by atoms with van der Waals surface area (Å²) in [4.78, 5) is 40.9. The predicted molar refractivity (Wildman–Crippen MR) is 99.1 cm³/mol. The van der Waals surface area contributed by atoms with Crippen LogP contribution in [0.1, 0.15) is 36.0 Å². The van der Waals surface area contributed by atoms with Crippen molar-refractivity contribution in [1.29, 1.82) is 0 Å². The monoisotopic (exact) mass is 376 g/mol. The minimum atomic E-state index is -0.519. The highest BCUT2D eigenvalue weighted by atomic mass is 32.2. The van der Waals surface area contributed by atoms with Crippen LogP contribution in [0.4, 0.5) is 0 Å². The molecule has 140 valence electrons. The van der Waals surface area contributed by atoms with Gasteiger partial charge in [0.2, 0.25) is 5.91 Å². The van der Waals surface area contributed by atoms with Crippen molar-refractivity contribution < 1.29 is 19.1 Å². The molecule has 0 atom stereocenters. The van der Waals surface area contributed by atoms with E-state index in [9.17, 15) is 14.4 Å². The molecular formula is C19H24N2O4S. The predicted octanol–water partition coefficient (Wildman–Crippen LogP) is 2.18. The van der Waals surface area contributed by atoms with E-state index in [1.54, 1.807) is 23.1 Å². The maximum absolute atomic E-state index is 12.4. The molecule has 0 unspecified atom stereocenters. The summed E-state index contributed by atoms with van der Waals surface area (Å²) in [6.45, 7) is 2.89. The van der Waals surface area contributed by atoms with Crippen LogP contribution in [0.25, 0.3) is 0 Å². The van der Waals surface area contributed by atoms with Crippen molar-refractivity contribution in [1.82, 2.24) is 9.80 Å². The molecule has 26 heavy (non-hydrogen) atoms. The number of carbonyl (C=O) groups is 3. The molecule has 6 nitrogen and oxygen atoms in total. The summed E-state index contributed by atoms with van der Waals surface area (Å²) in [7, 11) is 0. The van der Waals surface area contributed by atoms with Crippen molar-refractivity contribution >= 4 is 29.5 Å². The first-order valence-electron chi connectivity index (χ1n) is 9.09. The van der Waals surface area contributed by atoms with E-state index in [2.05, 4.69) is 0 Å². The molecule has 2 heterocycles. The number of nitrogens with zero attached hydrogens (tertiary/aromatic N) is 2. The zero-order chi connectivity index (χ0) is 18.4. The lowest BCUT2D eigenvalue weighted by Crippen LogP contribution is -2.32. The summed E-state index contributed by atoms with van der Waals surface area (Å²) in [5, 5.41) is 0. The van der Waals surface area contributed by atoms with Crippen LogP contribution in [0.3, 0.4) is 0 Å². The molecule has 0 aromatic heterocycles. The van der Waals surface area contributed by atoms with E-state index in [0.29, 0.717) is 16.2 Å². The number of carbonyl (C=O) groups excluding carboxylic acids is 3. The molecule has 0 bridgehead atoms. The van der Waals surface area contributed by atoms with Crippen LogP contribution in [-0.2, 0) is 14.3 Å². The number of hydrogen-bond donors (Lipinski definition) is 0. The van der Waals surface area contributed by atoms with Crippen molar-refractivity contribution in [2.45, 2.75) is 30.6 Å². The number of esters is 1. The fourth-order valence-electron chi connectivity index (χ4n) is 3.22.